The molecular formula is C16H17ClIN3OS. The SMILES string of the molecule is CSC(N)=NCC1Nc2cc(Cl)ccc2Oc2ccccc21.I. The van der Waals surface area contributed by atoms with Crippen LogP contribution in [0.1, 0.15) is 11.6 Å². The molecule has 1 aliphatic rings. The number of nitrogens with two attached hydrogens (primary N) is 1. The zero-order valence-corrected chi connectivity index (χ0v) is 16.4. The van der Waals surface area contributed by atoms with Crippen LogP contribution in [0.25, 0.3) is 0 Å². The summed E-state index contributed by atoms with van der Waals surface area (Å²) in [6, 6.07) is 13.4. The van der Waals surface area contributed by atoms with E-state index in [-0.39, 0.29) is 30.0 Å². The molecule has 3 rings (SSSR count). The van der Waals surface area contributed by atoms with Gasteiger partial charge in [-0.2, -0.15) is 0 Å². The smallest absolute Gasteiger partial charge is 0.153 e. The highest BCUT2D eigenvalue weighted by atomic mass is 127. The van der Waals surface area contributed by atoms with E-state index in [1.54, 1.807) is 0 Å². The number of ether oxygens (including phenoxy) is 1. The van der Waals surface area contributed by atoms with Crippen molar-refractivity contribution < 1.29 is 4.74 Å². The van der Waals surface area contributed by atoms with Gasteiger partial charge in [0.1, 0.15) is 5.75 Å². The van der Waals surface area contributed by atoms with E-state index in [2.05, 4.69) is 10.3 Å². The average Bonchev–Trinajstić information content (AvgIpc) is 2.68. The number of hydrogen-bond donors (Lipinski definition) is 2. The first-order valence-corrected chi connectivity index (χ1v) is 8.44. The lowest BCUT2D eigenvalue weighted by molar-refractivity contribution is 0.482. The maximum atomic E-state index is 6.09. The van der Waals surface area contributed by atoms with E-state index >= 15 is 0 Å². The third-order valence-electron chi connectivity index (χ3n) is 3.42. The summed E-state index contributed by atoms with van der Waals surface area (Å²) in [5.41, 5.74) is 7.70. The van der Waals surface area contributed by atoms with Crippen LogP contribution >= 0.6 is 47.3 Å². The molecule has 122 valence electrons. The number of halogens is 2. The minimum atomic E-state index is -0.0263. The lowest BCUT2D eigenvalue weighted by atomic mass is 10.1. The van der Waals surface area contributed by atoms with Crippen LogP contribution in [0, 0.1) is 0 Å². The third kappa shape index (κ3) is 4.24. The Bertz CT molecular complexity index is 726. The summed E-state index contributed by atoms with van der Waals surface area (Å²) in [6.07, 6.45) is 1.91. The number of aliphatic imine (C=N–C) groups is 1. The first-order valence-electron chi connectivity index (χ1n) is 6.84. The number of rotatable bonds is 2. The van der Waals surface area contributed by atoms with Gasteiger partial charge in [0, 0.05) is 10.6 Å². The Morgan fingerprint density at radius 2 is 2.09 bits per heavy atom. The molecule has 2 aromatic rings. The predicted molar refractivity (Wildman–Crippen MR) is 110 cm³/mol. The topological polar surface area (TPSA) is 59.6 Å². The molecule has 0 aromatic heterocycles. The molecule has 0 saturated heterocycles. The van der Waals surface area contributed by atoms with Crippen molar-refractivity contribution in [1.82, 2.24) is 0 Å². The highest BCUT2D eigenvalue weighted by Gasteiger charge is 2.22. The molecule has 1 unspecified atom stereocenters. The fourth-order valence-electron chi connectivity index (χ4n) is 2.34. The largest absolute Gasteiger partial charge is 0.455 e. The van der Waals surface area contributed by atoms with E-state index in [1.165, 1.54) is 11.8 Å². The second-order valence-corrected chi connectivity index (χ2v) is 6.12. The molecule has 4 nitrogen and oxygen atoms in total. The highest BCUT2D eigenvalue weighted by Crippen LogP contribution is 2.41. The Kier molecular flexibility index (Phi) is 6.43. The predicted octanol–water partition coefficient (Wildman–Crippen LogP) is 4.89. The van der Waals surface area contributed by atoms with E-state index < -0.39 is 0 Å². The van der Waals surface area contributed by atoms with Crippen LogP contribution in [0.4, 0.5) is 5.69 Å². The van der Waals surface area contributed by atoms with Crippen molar-refractivity contribution >= 4 is 58.2 Å². The Balaban J connectivity index is 0.00000192. The molecule has 0 saturated carbocycles. The van der Waals surface area contributed by atoms with Crippen LogP contribution in [-0.4, -0.2) is 18.0 Å². The van der Waals surface area contributed by atoms with Gasteiger partial charge in [-0.25, -0.2) is 0 Å². The number of nitrogens with one attached hydrogen (secondary N) is 1. The summed E-state index contributed by atoms with van der Waals surface area (Å²) >= 11 is 7.53. The van der Waals surface area contributed by atoms with Crippen LogP contribution in [0.3, 0.4) is 0 Å². The van der Waals surface area contributed by atoms with Crippen LogP contribution in [-0.2, 0) is 0 Å². The number of amidine groups is 1. The molecule has 2 aromatic carbocycles. The second-order valence-electron chi connectivity index (χ2n) is 4.86. The summed E-state index contributed by atoms with van der Waals surface area (Å²) < 4.78 is 6.01. The van der Waals surface area contributed by atoms with Gasteiger partial charge in [0.15, 0.2) is 10.9 Å². The number of hydrogen-bond acceptors (Lipinski definition) is 4. The Morgan fingerprint density at radius 1 is 1.30 bits per heavy atom. The zero-order chi connectivity index (χ0) is 15.5. The summed E-state index contributed by atoms with van der Waals surface area (Å²) in [5.74, 6) is 1.57. The molecule has 0 amide bonds. The van der Waals surface area contributed by atoms with Crippen molar-refractivity contribution in [3.05, 3.63) is 53.1 Å². The zero-order valence-electron chi connectivity index (χ0n) is 12.5. The molecule has 1 aliphatic heterocycles. The summed E-state index contributed by atoms with van der Waals surface area (Å²) in [4.78, 5) is 4.41. The van der Waals surface area contributed by atoms with Crippen molar-refractivity contribution in [1.29, 1.82) is 0 Å². The average molecular weight is 462 g/mol. The van der Waals surface area contributed by atoms with Crippen molar-refractivity contribution in [2.24, 2.45) is 10.7 Å². The molecule has 23 heavy (non-hydrogen) atoms. The molecule has 0 fully saturated rings. The molecule has 0 spiro atoms. The number of fused-ring (bicyclic) bond motifs is 2. The maximum absolute atomic E-state index is 6.09. The molecule has 3 N–H and O–H groups in total. The van der Waals surface area contributed by atoms with Crippen LogP contribution in [0.2, 0.25) is 5.02 Å². The number of benzene rings is 2. The first-order chi connectivity index (χ1) is 10.7. The minimum absolute atomic E-state index is 0. The van der Waals surface area contributed by atoms with Gasteiger partial charge in [-0.1, -0.05) is 41.6 Å². The van der Waals surface area contributed by atoms with Gasteiger partial charge in [0.05, 0.1) is 18.3 Å². The highest BCUT2D eigenvalue weighted by molar-refractivity contribution is 14.0. The van der Waals surface area contributed by atoms with Gasteiger partial charge in [-0.15, -0.1) is 24.0 Å². The van der Waals surface area contributed by atoms with E-state index in [0.29, 0.717) is 16.7 Å². The fraction of sp³-hybridized carbons (Fsp3) is 0.188. The van der Waals surface area contributed by atoms with Gasteiger partial charge in [0.2, 0.25) is 0 Å². The third-order valence-corrected chi connectivity index (χ3v) is 4.21. The van der Waals surface area contributed by atoms with Gasteiger partial charge < -0.3 is 15.8 Å². The van der Waals surface area contributed by atoms with Gasteiger partial charge >= 0.3 is 0 Å². The molecule has 0 aliphatic carbocycles. The molecular weight excluding hydrogens is 445 g/mol. The number of nitrogens with zero attached hydrogens (tertiary/aromatic N) is 1. The summed E-state index contributed by atoms with van der Waals surface area (Å²) in [5, 5.41) is 4.68. The second kappa shape index (κ2) is 8.12. The van der Waals surface area contributed by atoms with Gasteiger partial charge in [-0.3, -0.25) is 4.99 Å². The van der Waals surface area contributed by atoms with E-state index in [9.17, 15) is 0 Å². The van der Waals surface area contributed by atoms with Gasteiger partial charge in [0.25, 0.3) is 0 Å². The normalized spacial score (nSPS) is 16.1. The first kappa shape index (κ1) is 18.2. The lowest BCUT2D eigenvalue weighted by Gasteiger charge is -2.17. The van der Waals surface area contributed by atoms with Gasteiger partial charge in [-0.05, 0) is 30.5 Å². The van der Waals surface area contributed by atoms with Crippen LogP contribution in [0.15, 0.2) is 47.5 Å². The van der Waals surface area contributed by atoms with Crippen molar-refractivity contribution in [2.75, 3.05) is 18.1 Å². The molecule has 1 atom stereocenters. The minimum Gasteiger partial charge on any atom is -0.455 e. The van der Waals surface area contributed by atoms with Crippen molar-refractivity contribution in [2.45, 2.75) is 6.04 Å². The van der Waals surface area contributed by atoms with Crippen LogP contribution in [0.5, 0.6) is 11.5 Å². The molecule has 7 heteroatoms. The van der Waals surface area contributed by atoms with E-state index in [0.717, 1.165) is 22.7 Å². The number of para-hydroxylation sites is 1. The van der Waals surface area contributed by atoms with Crippen LogP contribution < -0.4 is 15.8 Å². The van der Waals surface area contributed by atoms with E-state index in [1.807, 2.05) is 48.7 Å². The van der Waals surface area contributed by atoms with Crippen molar-refractivity contribution in [3.63, 3.8) is 0 Å². The molecule has 0 radical (unpaired) electrons. The summed E-state index contributed by atoms with van der Waals surface area (Å²) in [7, 11) is 0. The quantitative estimate of drug-likeness (QED) is 0.380. The number of anilines is 1. The monoisotopic (exact) mass is 461 g/mol. The Hall–Kier alpha value is -1.12. The molecule has 0 bridgehead atoms. The molecule has 1 heterocycles. The number of thioether (sulfide) groups is 1. The van der Waals surface area contributed by atoms with Crippen molar-refractivity contribution in [3.8, 4) is 11.5 Å². The lowest BCUT2D eigenvalue weighted by Crippen LogP contribution is -2.16. The Morgan fingerprint density at radius 3 is 2.87 bits per heavy atom. The summed E-state index contributed by atoms with van der Waals surface area (Å²) in [6.45, 7) is 0.527. The standard InChI is InChI=1S/C16H16ClN3OS.HI/c1-22-16(18)19-9-13-11-4-2-3-5-14(11)21-15-7-6-10(17)8-12(15)20-13;/h2-8,13,20H,9H2,1H3,(H2,18,19);1H. The fourth-order valence-corrected chi connectivity index (χ4v) is 2.71. The maximum Gasteiger partial charge on any atom is 0.153 e. The van der Waals surface area contributed by atoms with E-state index in [4.69, 9.17) is 22.1 Å². The Labute approximate surface area is 161 Å².